The minimum absolute atomic E-state index is 0.238. The van der Waals surface area contributed by atoms with Crippen LogP contribution in [0.1, 0.15) is 18.1 Å². The van der Waals surface area contributed by atoms with E-state index in [4.69, 9.17) is 0 Å². The fourth-order valence-corrected chi connectivity index (χ4v) is 2.66. The molecule has 0 aliphatic rings. The number of hydrogen-bond acceptors (Lipinski definition) is 3. The van der Waals surface area contributed by atoms with Crippen molar-refractivity contribution in [3.05, 3.63) is 71.8 Å². The lowest BCUT2D eigenvalue weighted by atomic mass is 9.71. The normalized spacial score (nSPS) is 12.1. The molecule has 0 aliphatic heterocycles. The second kappa shape index (κ2) is 6.30. The Kier molecular flexibility index (Phi) is 4.64. The van der Waals surface area contributed by atoms with Crippen LogP contribution in [0.15, 0.2) is 60.7 Å². The quantitative estimate of drug-likeness (QED) is 0.715. The summed E-state index contributed by atoms with van der Waals surface area (Å²) in [7, 11) is 0. The van der Waals surface area contributed by atoms with E-state index in [9.17, 15) is 20.1 Å². The van der Waals surface area contributed by atoms with Gasteiger partial charge in [0.15, 0.2) is 0 Å². The van der Waals surface area contributed by atoms with Gasteiger partial charge in [0, 0.05) is 5.41 Å². The maximum absolute atomic E-state index is 11.3. The van der Waals surface area contributed by atoms with Crippen LogP contribution in [0.25, 0.3) is 0 Å². The molecule has 0 heterocycles. The van der Waals surface area contributed by atoms with Crippen molar-refractivity contribution in [2.75, 3.05) is 0 Å². The number of benzene rings is 2. The minimum atomic E-state index is -2.82. The zero-order valence-electron chi connectivity index (χ0n) is 12.4. The van der Waals surface area contributed by atoms with Crippen molar-refractivity contribution in [3.8, 4) is 0 Å². The number of rotatable bonds is 6. The summed E-state index contributed by atoms with van der Waals surface area (Å²) in [5.41, 5.74) is 0.450. The molecule has 4 heteroatoms. The molecule has 4 nitrogen and oxygen atoms in total. The Bertz CT molecular complexity index is 579. The zero-order valence-corrected chi connectivity index (χ0v) is 12.4. The highest BCUT2D eigenvalue weighted by molar-refractivity contribution is 5.76. The molecule has 2 rings (SSSR count). The third kappa shape index (κ3) is 3.35. The van der Waals surface area contributed by atoms with E-state index < -0.39 is 17.2 Å². The average molecular weight is 300 g/mol. The first-order valence-electron chi connectivity index (χ1n) is 7.11. The summed E-state index contributed by atoms with van der Waals surface area (Å²) in [6, 6.07) is 18.5. The van der Waals surface area contributed by atoms with Crippen molar-refractivity contribution in [2.45, 2.75) is 25.6 Å². The van der Waals surface area contributed by atoms with Crippen molar-refractivity contribution in [3.63, 3.8) is 0 Å². The van der Waals surface area contributed by atoms with E-state index in [-0.39, 0.29) is 12.8 Å². The predicted molar refractivity (Wildman–Crippen MR) is 83.2 cm³/mol. The Balaban J connectivity index is 2.38. The van der Waals surface area contributed by atoms with Gasteiger partial charge in [-0.3, -0.25) is 0 Å². The molecule has 0 bridgehead atoms. The van der Waals surface area contributed by atoms with Crippen LogP contribution in [0.5, 0.6) is 0 Å². The average Bonchev–Trinajstić information content (AvgIpc) is 2.48. The fraction of sp³-hybridized carbons (Fsp3) is 0.278. The van der Waals surface area contributed by atoms with Gasteiger partial charge in [-0.25, -0.2) is 4.79 Å². The molecule has 116 valence electrons. The predicted octanol–water partition coefficient (Wildman–Crippen LogP) is 2.24. The molecule has 0 atom stereocenters. The molecule has 0 saturated heterocycles. The van der Waals surface area contributed by atoms with Crippen LogP contribution in [0, 0.1) is 5.41 Å². The molecular weight excluding hydrogens is 280 g/mol. The topological polar surface area (TPSA) is 77.8 Å². The Morgan fingerprint density at radius 1 is 0.864 bits per heavy atom. The van der Waals surface area contributed by atoms with E-state index in [1.807, 2.05) is 60.7 Å². The van der Waals surface area contributed by atoms with Crippen LogP contribution >= 0.6 is 0 Å². The van der Waals surface area contributed by atoms with E-state index >= 15 is 0 Å². The summed E-state index contributed by atoms with van der Waals surface area (Å²) in [6.45, 7) is 1.58. The van der Waals surface area contributed by atoms with E-state index in [0.717, 1.165) is 11.1 Å². The summed E-state index contributed by atoms with van der Waals surface area (Å²) in [5, 5.41) is 29.6. The van der Waals surface area contributed by atoms with Crippen LogP contribution in [-0.2, 0) is 17.6 Å². The molecule has 0 spiro atoms. The standard InChI is InChI=1S/C18H20O4/c1-17(18(21,22)16(19)20,12-14-8-4-2-5-9-14)13-15-10-6-3-7-11-15/h2-11,21-22H,12-13H2,1H3,(H,19,20). The van der Waals surface area contributed by atoms with Gasteiger partial charge in [0.1, 0.15) is 0 Å². The third-order valence-corrected chi connectivity index (χ3v) is 4.01. The molecule has 22 heavy (non-hydrogen) atoms. The van der Waals surface area contributed by atoms with Crippen molar-refractivity contribution < 1.29 is 20.1 Å². The molecule has 2 aromatic rings. The molecular formula is C18H20O4. The van der Waals surface area contributed by atoms with Gasteiger partial charge in [-0.05, 0) is 24.0 Å². The molecule has 3 N–H and O–H groups in total. The van der Waals surface area contributed by atoms with Crippen LogP contribution in [-0.4, -0.2) is 27.1 Å². The Hall–Kier alpha value is -2.17. The Labute approximate surface area is 129 Å². The third-order valence-electron chi connectivity index (χ3n) is 4.01. The lowest BCUT2D eigenvalue weighted by molar-refractivity contribution is -0.245. The number of aliphatic carboxylic acids is 1. The molecule has 2 aromatic carbocycles. The molecule has 0 fully saturated rings. The number of aliphatic hydroxyl groups is 2. The summed E-state index contributed by atoms with van der Waals surface area (Å²) < 4.78 is 0. The summed E-state index contributed by atoms with van der Waals surface area (Å²) in [6.07, 6.45) is 0.476. The lowest BCUT2D eigenvalue weighted by Gasteiger charge is -2.38. The Morgan fingerprint density at radius 3 is 1.55 bits per heavy atom. The first-order chi connectivity index (χ1) is 10.3. The van der Waals surface area contributed by atoms with Crippen LogP contribution < -0.4 is 0 Å². The monoisotopic (exact) mass is 300 g/mol. The van der Waals surface area contributed by atoms with Crippen molar-refractivity contribution in [1.29, 1.82) is 0 Å². The highest BCUT2D eigenvalue weighted by Gasteiger charge is 2.51. The first-order valence-corrected chi connectivity index (χ1v) is 7.11. The number of carboxylic acid groups (broad SMARTS) is 1. The van der Waals surface area contributed by atoms with Crippen molar-refractivity contribution in [2.24, 2.45) is 5.41 Å². The molecule has 0 saturated carbocycles. The van der Waals surface area contributed by atoms with E-state index in [0.29, 0.717) is 0 Å². The smallest absolute Gasteiger partial charge is 0.364 e. The van der Waals surface area contributed by atoms with Crippen LogP contribution in [0.2, 0.25) is 0 Å². The highest BCUT2D eigenvalue weighted by Crippen LogP contribution is 2.37. The Morgan fingerprint density at radius 2 is 1.23 bits per heavy atom. The maximum atomic E-state index is 11.3. The molecule has 0 radical (unpaired) electrons. The van der Waals surface area contributed by atoms with Crippen LogP contribution in [0.4, 0.5) is 0 Å². The van der Waals surface area contributed by atoms with Crippen molar-refractivity contribution >= 4 is 5.97 Å². The van der Waals surface area contributed by atoms with E-state index in [2.05, 4.69) is 0 Å². The summed E-state index contributed by atoms with van der Waals surface area (Å²) in [5.74, 6) is -4.46. The van der Waals surface area contributed by atoms with Gasteiger partial charge in [-0.2, -0.15) is 0 Å². The van der Waals surface area contributed by atoms with Gasteiger partial charge in [-0.1, -0.05) is 67.6 Å². The molecule has 0 aromatic heterocycles. The summed E-state index contributed by atoms with van der Waals surface area (Å²) in [4.78, 5) is 11.3. The number of carbonyl (C=O) groups is 1. The number of carboxylic acids is 1. The second-order valence-electron chi connectivity index (χ2n) is 5.86. The molecule has 0 aliphatic carbocycles. The fourth-order valence-electron chi connectivity index (χ4n) is 2.66. The van der Waals surface area contributed by atoms with Gasteiger partial charge in [0.25, 0.3) is 5.79 Å². The largest absolute Gasteiger partial charge is 0.477 e. The van der Waals surface area contributed by atoms with Crippen LogP contribution in [0.3, 0.4) is 0 Å². The zero-order chi connectivity index (χ0) is 16.2. The van der Waals surface area contributed by atoms with E-state index in [1.54, 1.807) is 6.92 Å². The minimum Gasteiger partial charge on any atom is -0.477 e. The van der Waals surface area contributed by atoms with E-state index in [1.165, 1.54) is 0 Å². The SMILES string of the molecule is CC(Cc1ccccc1)(Cc1ccccc1)C(O)(O)C(=O)O. The van der Waals surface area contributed by atoms with Gasteiger partial charge in [0.2, 0.25) is 0 Å². The van der Waals surface area contributed by atoms with Gasteiger partial charge >= 0.3 is 5.97 Å². The molecule has 0 amide bonds. The second-order valence-corrected chi connectivity index (χ2v) is 5.86. The number of hydrogen-bond donors (Lipinski definition) is 3. The van der Waals surface area contributed by atoms with Crippen molar-refractivity contribution in [1.82, 2.24) is 0 Å². The highest BCUT2D eigenvalue weighted by atomic mass is 16.5. The maximum Gasteiger partial charge on any atom is 0.364 e. The molecule has 0 unspecified atom stereocenters. The van der Waals surface area contributed by atoms with Gasteiger partial charge in [-0.15, -0.1) is 0 Å². The first kappa shape index (κ1) is 16.2. The van der Waals surface area contributed by atoms with Gasteiger partial charge in [0.05, 0.1) is 0 Å². The van der Waals surface area contributed by atoms with Gasteiger partial charge < -0.3 is 15.3 Å². The lowest BCUT2D eigenvalue weighted by Crippen LogP contribution is -2.55. The summed E-state index contributed by atoms with van der Waals surface area (Å²) >= 11 is 0.